The summed E-state index contributed by atoms with van der Waals surface area (Å²) < 4.78 is 2.03. The number of nitrogens with zero attached hydrogens (tertiary/aromatic N) is 4. The molecule has 1 saturated heterocycles. The molecule has 2 heterocycles. The standard InChI is InChI=1S/C23H28N6.HI/c1-2-25-23(27-20-12-14-28(17-20)21-9-4-3-5-10-21)26-16-19-8-6-7-11-22(19)29-15-13-24-18-29;/h3-11,13,15,18,20H,2,12,14,16-17H2,1H3,(H2,25,26,27);1H. The number of halogens is 1. The molecule has 2 aromatic carbocycles. The highest BCUT2D eigenvalue weighted by Crippen LogP contribution is 2.20. The van der Waals surface area contributed by atoms with Crippen molar-refractivity contribution < 1.29 is 0 Å². The van der Waals surface area contributed by atoms with Gasteiger partial charge in [0.1, 0.15) is 0 Å². The quantitative estimate of drug-likeness (QED) is 0.297. The van der Waals surface area contributed by atoms with E-state index in [1.165, 1.54) is 11.3 Å². The molecular weight excluding hydrogens is 487 g/mol. The van der Waals surface area contributed by atoms with Gasteiger partial charge in [-0.3, -0.25) is 0 Å². The molecule has 2 N–H and O–H groups in total. The average molecular weight is 516 g/mol. The summed E-state index contributed by atoms with van der Waals surface area (Å²) >= 11 is 0. The van der Waals surface area contributed by atoms with Crippen LogP contribution in [-0.2, 0) is 6.54 Å². The molecule has 7 heteroatoms. The summed E-state index contributed by atoms with van der Waals surface area (Å²) in [5.41, 5.74) is 3.56. The number of guanidine groups is 1. The van der Waals surface area contributed by atoms with Gasteiger partial charge in [-0.15, -0.1) is 24.0 Å². The second kappa shape index (κ2) is 11.0. The minimum Gasteiger partial charge on any atom is -0.369 e. The number of imidazole rings is 1. The van der Waals surface area contributed by atoms with Crippen molar-refractivity contribution >= 4 is 35.6 Å². The van der Waals surface area contributed by atoms with E-state index in [-0.39, 0.29) is 24.0 Å². The first-order valence-electron chi connectivity index (χ1n) is 10.2. The Morgan fingerprint density at radius 3 is 2.70 bits per heavy atom. The SMILES string of the molecule is CCNC(=NCc1ccccc1-n1ccnc1)NC1CCN(c2ccccc2)C1.I. The molecule has 1 aliphatic heterocycles. The number of benzene rings is 2. The first-order chi connectivity index (χ1) is 14.3. The lowest BCUT2D eigenvalue weighted by atomic mass is 10.2. The Kier molecular flexibility index (Phi) is 8.12. The Morgan fingerprint density at radius 1 is 1.13 bits per heavy atom. The minimum absolute atomic E-state index is 0. The van der Waals surface area contributed by atoms with Crippen LogP contribution >= 0.6 is 24.0 Å². The normalized spacial score (nSPS) is 16.2. The molecular formula is C23H29IN6. The van der Waals surface area contributed by atoms with Gasteiger partial charge >= 0.3 is 0 Å². The van der Waals surface area contributed by atoms with E-state index < -0.39 is 0 Å². The number of anilines is 1. The second-order valence-electron chi connectivity index (χ2n) is 7.21. The van der Waals surface area contributed by atoms with Gasteiger partial charge in [0.05, 0.1) is 18.6 Å². The lowest BCUT2D eigenvalue weighted by molar-refractivity contribution is 0.649. The fraction of sp³-hybridized carbons (Fsp3) is 0.304. The Balaban J connectivity index is 0.00000256. The van der Waals surface area contributed by atoms with Crippen LogP contribution in [0.15, 0.2) is 78.3 Å². The lowest BCUT2D eigenvalue weighted by Crippen LogP contribution is -2.44. The molecule has 158 valence electrons. The fourth-order valence-electron chi connectivity index (χ4n) is 3.73. The third-order valence-electron chi connectivity index (χ3n) is 5.18. The highest BCUT2D eigenvalue weighted by molar-refractivity contribution is 14.0. The molecule has 0 radical (unpaired) electrons. The number of rotatable bonds is 6. The molecule has 6 nitrogen and oxygen atoms in total. The van der Waals surface area contributed by atoms with Crippen molar-refractivity contribution in [1.82, 2.24) is 20.2 Å². The number of aromatic nitrogens is 2. The van der Waals surface area contributed by atoms with Gasteiger partial charge in [0.25, 0.3) is 0 Å². The fourth-order valence-corrected chi connectivity index (χ4v) is 3.73. The largest absolute Gasteiger partial charge is 0.369 e. The van der Waals surface area contributed by atoms with Crippen LogP contribution in [0, 0.1) is 0 Å². The van der Waals surface area contributed by atoms with Gasteiger partial charge in [0.2, 0.25) is 0 Å². The van der Waals surface area contributed by atoms with Crippen LogP contribution in [0.1, 0.15) is 18.9 Å². The summed E-state index contributed by atoms with van der Waals surface area (Å²) in [4.78, 5) is 11.4. The summed E-state index contributed by atoms with van der Waals surface area (Å²) in [5.74, 6) is 0.868. The van der Waals surface area contributed by atoms with Crippen molar-refractivity contribution in [2.45, 2.75) is 25.9 Å². The third kappa shape index (κ3) is 5.53. The van der Waals surface area contributed by atoms with E-state index in [2.05, 4.69) is 76.0 Å². The maximum atomic E-state index is 4.86. The van der Waals surface area contributed by atoms with Gasteiger partial charge in [-0.2, -0.15) is 0 Å². The van der Waals surface area contributed by atoms with Gasteiger partial charge in [-0.05, 0) is 37.1 Å². The smallest absolute Gasteiger partial charge is 0.191 e. The number of nitrogens with one attached hydrogen (secondary N) is 2. The summed E-state index contributed by atoms with van der Waals surface area (Å²) in [6, 6.07) is 19.3. The number of aliphatic imine (C=N–C) groups is 1. The molecule has 1 atom stereocenters. The van der Waals surface area contributed by atoms with Crippen molar-refractivity contribution in [3.8, 4) is 5.69 Å². The van der Waals surface area contributed by atoms with E-state index in [1.807, 2.05) is 23.2 Å². The Morgan fingerprint density at radius 2 is 1.93 bits per heavy atom. The molecule has 4 rings (SSSR count). The van der Waals surface area contributed by atoms with Gasteiger partial charge in [-0.1, -0.05) is 36.4 Å². The summed E-state index contributed by atoms with van der Waals surface area (Å²) in [5, 5.41) is 7.01. The zero-order valence-electron chi connectivity index (χ0n) is 17.2. The van der Waals surface area contributed by atoms with E-state index in [0.717, 1.165) is 37.7 Å². The van der Waals surface area contributed by atoms with Crippen LogP contribution in [0.25, 0.3) is 5.69 Å². The molecule has 1 fully saturated rings. The topological polar surface area (TPSA) is 57.5 Å². The second-order valence-corrected chi connectivity index (χ2v) is 7.21. The maximum Gasteiger partial charge on any atom is 0.191 e. The van der Waals surface area contributed by atoms with Crippen LogP contribution in [-0.4, -0.2) is 41.2 Å². The molecule has 0 aliphatic carbocycles. The summed E-state index contributed by atoms with van der Waals surface area (Å²) in [6.45, 7) is 5.59. The van der Waals surface area contributed by atoms with Crippen molar-refractivity contribution in [1.29, 1.82) is 0 Å². The first-order valence-corrected chi connectivity index (χ1v) is 10.2. The summed E-state index contributed by atoms with van der Waals surface area (Å²) in [7, 11) is 0. The average Bonchev–Trinajstić information content (AvgIpc) is 3.45. The third-order valence-corrected chi connectivity index (χ3v) is 5.18. The maximum absolute atomic E-state index is 4.86. The zero-order chi connectivity index (χ0) is 19.9. The van der Waals surface area contributed by atoms with Crippen molar-refractivity contribution in [2.24, 2.45) is 4.99 Å². The van der Waals surface area contributed by atoms with E-state index in [0.29, 0.717) is 12.6 Å². The van der Waals surface area contributed by atoms with Crippen molar-refractivity contribution in [3.05, 3.63) is 78.9 Å². The molecule has 0 amide bonds. The van der Waals surface area contributed by atoms with Crippen LogP contribution in [0.2, 0.25) is 0 Å². The predicted molar refractivity (Wildman–Crippen MR) is 134 cm³/mol. The highest BCUT2D eigenvalue weighted by Gasteiger charge is 2.23. The van der Waals surface area contributed by atoms with Gasteiger partial charge in [0.15, 0.2) is 5.96 Å². The number of para-hydroxylation sites is 2. The summed E-state index contributed by atoms with van der Waals surface area (Å²) in [6.07, 6.45) is 6.68. The number of hydrogen-bond donors (Lipinski definition) is 2. The highest BCUT2D eigenvalue weighted by atomic mass is 127. The Hall–Kier alpha value is -2.55. The molecule has 0 bridgehead atoms. The molecule has 0 spiro atoms. The first kappa shape index (κ1) is 22.1. The van der Waals surface area contributed by atoms with Crippen LogP contribution in [0.4, 0.5) is 5.69 Å². The van der Waals surface area contributed by atoms with Crippen LogP contribution < -0.4 is 15.5 Å². The van der Waals surface area contributed by atoms with Gasteiger partial charge in [-0.25, -0.2) is 9.98 Å². The van der Waals surface area contributed by atoms with Gasteiger partial charge < -0.3 is 20.1 Å². The Bertz CT molecular complexity index is 926. The Labute approximate surface area is 195 Å². The molecule has 3 aromatic rings. The molecule has 1 unspecified atom stereocenters. The van der Waals surface area contributed by atoms with Gasteiger partial charge in [0, 0.05) is 43.8 Å². The van der Waals surface area contributed by atoms with E-state index in [4.69, 9.17) is 4.99 Å². The van der Waals surface area contributed by atoms with Crippen molar-refractivity contribution in [2.75, 3.05) is 24.5 Å². The van der Waals surface area contributed by atoms with E-state index in [9.17, 15) is 0 Å². The predicted octanol–water partition coefficient (Wildman–Crippen LogP) is 3.82. The minimum atomic E-state index is 0. The van der Waals surface area contributed by atoms with Crippen LogP contribution in [0.3, 0.4) is 0 Å². The van der Waals surface area contributed by atoms with Crippen LogP contribution in [0.5, 0.6) is 0 Å². The molecule has 0 saturated carbocycles. The zero-order valence-corrected chi connectivity index (χ0v) is 19.6. The lowest BCUT2D eigenvalue weighted by Gasteiger charge is -2.20. The van der Waals surface area contributed by atoms with E-state index in [1.54, 1.807) is 6.20 Å². The van der Waals surface area contributed by atoms with E-state index >= 15 is 0 Å². The molecule has 1 aliphatic rings. The molecule has 30 heavy (non-hydrogen) atoms. The molecule has 1 aromatic heterocycles. The monoisotopic (exact) mass is 516 g/mol. The van der Waals surface area contributed by atoms with Crippen molar-refractivity contribution in [3.63, 3.8) is 0 Å². The number of hydrogen-bond acceptors (Lipinski definition) is 3.